The van der Waals surface area contributed by atoms with Gasteiger partial charge in [0.05, 0.1) is 11.4 Å². The van der Waals surface area contributed by atoms with Crippen LogP contribution in [0.2, 0.25) is 5.02 Å². The Bertz CT molecular complexity index is 1460. The predicted octanol–water partition coefficient (Wildman–Crippen LogP) is 8.10. The maximum atomic E-state index is 6.14. The van der Waals surface area contributed by atoms with E-state index in [4.69, 9.17) is 21.7 Å². The maximum Gasteiger partial charge on any atom is 0.164 e. The first-order valence-electron chi connectivity index (χ1n) is 11.1. The van der Waals surface area contributed by atoms with Gasteiger partial charge in [0.15, 0.2) is 5.65 Å². The third-order valence-corrected chi connectivity index (χ3v) is 7.18. The first-order valence-corrected chi connectivity index (χ1v) is 12.4. The summed E-state index contributed by atoms with van der Waals surface area (Å²) in [5, 5.41) is 9.30. The van der Waals surface area contributed by atoms with Crippen molar-refractivity contribution in [3.05, 3.63) is 94.8 Å². The highest BCUT2D eigenvalue weighted by molar-refractivity contribution is 7.98. The Kier molecular flexibility index (Phi) is 5.67. The van der Waals surface area contributed by atoms with Gasteiger partial charge in [0.2, 0.25) is 0 Å². The minimum atomic E-state index is -0.0774. The maximum absolute atomic E-state index is 6.14. The molecule has 0 saturated carbocycles. The molecule has 5 heteroatoms. The number of fused-ring (bicyclic) bond motifs is 2. The molecule has 0 radical (unpaired) electrons. The molecule has 166 valence electrons. The average molecular weight is 472 g/mol. The minimum Gasteiger partial charge on any atom is -0.232 e. The Balaban J connectivity index is 1.63. The van der Waals surface area contributed by atoms with Crippen LogP contribution < -0.4 is 0 Å². The fraction of sp³-hybridized carbons (Fsp3) is 0.214. The van der Waals surface area contributed by atoms with Crippen LogP contribution in [0.3, 0.4) is 0 Å². The second-order valence-electron chi connectivity index (χ2n) is 9.36. The molecule has 2 heterocycles. The van der Waals surface area contributed by atoms with E-state index in [-0.39, 0.29) is 5.41 Å². The lowest BCUT2D eigenvalue weighted by Crippen LogP contribution is -2.15. The third-order valence-electron chi connectivity index (χ3n) is 5.89. The first-order chi connectivity index (χ1) is 15.8. The van der Waals surface area contributed by atoms with Gasteiger partial charge in [0.25, 0.3) is 0 Å². The lowest BCUT2D eigenvalue weighted by Gasteiger charge is -2.19. The number of nitrogens with zero attached hydrogens (tertiary/aromatic N) is 3. The summed E-state index contributed by atoms with van der Waals surface area (Å²) in [6.07, 6.45) is 0. The fourth-order valence-electron chi connectivity index (χ4n) is 4.11. The molecule has 0 unspecified atom stereocenters. The molecule has 0 fully saturated rings. The SMILES string of the molecule is Cc1nn2c(SCc3cccc4ccccc34)cc(C(C)(C)C)nc2c1-c1ccc(Cl)cc1. The van der Waals surface area contributed by atoms with Gasteiger partial charge in [0.1, 0.15) is 5.03 Å². The van der Waals surface area contributed by atoms with Gasteiger partial charge < -0.3 is 0 Å². The van der Waals surface area contributed by atoms with E-state index in [0.717, 1.165) is 44.0 Å². The second kappa shape index (κ2) is 8.51. The standard InChI is InChI=1S/C28H26ClN3S/c1-18-26(20-12-14-22(29)15-13-20)27-30-24(28(2,3)4)16-25(32(27)31-18)33-17-21-10-7-9-19-8-5-6-11-23(19)21/h5-16H,17H2,1-4H3. The van der Waals surface area contributed by atoms with E-state index in [1.54, 1.807) is 0 Å². The van der Waals surface area contributed by atoms with Crippen LogP contribution in [0.1, 0.15) is 37.7 Å². The number of thioether (sulfide) groups is 1. The number of rotatable bonds is 4. The highest BCUT2D eigenvalue weighted by atomic mass is 35.5. The highest BCUT2D eigenvalue weighted by Gasteiger charge is 2.22. The smallest absolute Gasteiger partial charge is 0.164 e. The van der Waals surface area contributed by atoms with Crippen molar-refractivity contribution in [3.8, 4) is 11.1 Å². The molecule has 0 N–H and O–H groups in total. The van der Waals surface area contributed by atoms with Gasteiger partial charge in [-0.1, -0.05) is 87.0 Å². The number of halogens is 1. The fourth-order valence-corrected chi connectivity index (χ4v) is 5.23. The summed E-state index contributed by atoms with van der Waals surface area (Å²) in [7, 11) is 0. The average Bonchev–Trinajstić information content (AvgIpc) is 3.13. The van der Waals surface area contributed by atoms with Crippen LogP contribution in [0.4, 0.5) is 0 Å². The Morgan fingerprint density at radius 2 is 1.67 bits per heavy atom. The molecule has 3 nitrogen and oxygen atoms in total. The van der Waals surface area contributed by atoms with Crippen LogP contribution in [-0.2, 0) is 11.2 Å². The number of hydrogen-bond donors (Lipinski definition) is 0. The molecule has 5 aromatic rings. The van der Waals surface area contributed by atoms with Gasteiger partial charge in [0, 0.05) is 21.8 Å². The van der Waals surface area contributed by atoms with Crippen LogP contribution in [0.15, 0.2) is 77.8 Å². The zero-order valence-electron chi connectivity index (χ0n) is 19.3. The molecule has 0 aliphatic carbocycles. The Hall–Kier alpha value is -2.82. The molecule has 33 heavy (non-hydrogen) atoms. The van der Waals surface area contributed by atoms with Gasteiger partial charge >= 0.3 is 0 Å². The molecule has 0 atom stereocenters. The summed E-state index contributed by atoms with van der Waals surface area (Å²) < 4.78 is 2.00. The van der Waals surface area contributed by atoms with E-state index in [9.17, 15) is 0 Å². The van der Waals surface area contributed by atoms with E-state index in [1.165, 1.54) is 16.3 Å². The Labute approximate surface area is 203 Å². The molecular formula is C28H26ClN3S. The van der Waals surface area contributed by atoms with E-state index >= 15 is 0 Å². The van der Waals surface area contributed by atoms with Gasteiger partial charge in [-0.05, 0) is 47.0 Å². The van der Waals surface area contributed by atoms with Crippen LogP contribution in [0, 0.1) is 6.92 Å². The molecule has 2 aromatic heterocycles. The van der Waals surface area contributed by atoms with E-state index in [1.807, 2.05) is 40.5 Å². The van der Waals surface area contributed by atoms with Crippen LogP contribution in [0.25, 0.3) is 27.5 Å². The van der Waals surface area contributed by atoms with Crippen molar-refractivity contribution >= 4 is 39.8 Å². The molecule has 0 spiro atoms. The minimum absolute atomic E-state index is 0.0774. The molecule has 0 saturated heterocycles. The summed E-state index contributed by atoms with van der Waals surface area (Å²) in [5.41, 5.74) is 6.30. The van der Waals surface area contributed by atoms with Crippen molar-refractivity contribution in [2.75, 3.05) is 0 Å². The van der Waals surface area contributed by atoms with Gasteiger partial charge in [-0.25, -0.2) is 9.50 Å². The van der Waals surface area contributed by atoms with Crippen LogP contribution >= 0.6 is 23.4 Å². The van der Waals surface area contributed by atoms with Crippen molar-refractivity contribution in [1.82, 2.24) is 14.6 Å². The molecule has 0 aliphatic rings. The normalized spacial score (nSPS) is 12.0. The lowest BCUT2D eigenvalue weighted by atomic mass is 9.92. The third kappa shape index (κ3) is 4.25. The van der Waals surface area contributed by atoms with Crippen LogP contribution in [-0.4, -0.2) is 14.6 Å². The van der Waals surface area contributed by atoms with Crippen molar-refractivity contribution in [1.29, 1.82) is 0 Å². The van der Waals surface area contributed by atoms with Gasteiger partial charge in [-0.3, -0.25) is 0 Å². The zero-order valence-corrected chi connectivity index (χ0v) is 20.8. The number of aryl methyl sites for hydroxylation is 1. The van der Waals surface area contributed by atoms with Crippen LogP contribution in [0.5, 0.6) is 0 Å². The molecular weight excluding hydrogens is 446 g/mol. The van der Waals surface area contributed by atoms with Gasteiger partial charge in [-0.15, -0.1) is 11.8 Å². The van der Waals surface area contributed by atoms with Crippen molar-refractivity contribution < 1.29 is 0 Å². The summed E-state index contributed by atoms with van der Waals surface area (Å²) in [4.78, 5) is 5.09. The largest absolute Gasteiger partial charge is 0.232 e. The van der Waals surface area contributed by atoms with E-state index in [0.29, 0.717) is 0 Å². The van der Waals surface area contributed by atoms with Crippen molar-refractivity contribution in [2.45, 2.75) is 43.9 Å². The van der Waals surface area contributed by atoms with E-state index in [2.05, 4.69) is 76.2 Å². The highest BCUT2D eigenvalue weighted by Crippen LogP contribution is 2.35. The lowest BCUT2D eigenvalue weighted by molar-refractivity contribution is 0.563. The molecule has 5 rings (SSSR count). The van der Waals surface area contributed by atoms with Crippen molar-refractivity contribution in [2.24, 2.45) is 0 Å². The summed E-state index contributed by atoms with van der Waals surface area (Å²) in [5.74, 6) is 0.860. The first kappa shape index (κ1) is 22.0. The topological polar surface area (TPSA) is 30.2 Å². The number of hydrogen-bond acceptors (Lipinski definition) is 3. The molecule has 3 aromatic carbocycles. The van der Waals surface area contributed by atoms with Crippen molar-refractivity contribution in [3.63, 3.8) is 0 Å². The van der Waals surface area contributed by atoms with E-state index < -0.39 is 0 Å². The quantitative estimate of drug-likeness (QED) is 0.196. The molecule has 0 amide bonds. The number of benzene rings is 3. The number of aromatic nitrogens is 3. The summed E-state index contributed by atoms with van der Waals surface area (Å²) >= 11 is 7.95. The Morgan fingerprint density at radius 3 is 2.42 bits per heavy atom. The molecule has 0 aliphatic heterocycles. The summed E-state index contributed by atoms with van der Waals surface area (Å²) in [6, 6.07) is 25.2. The van der Waals surface area contributed by atoms with Gasteiger partial charge in [-0.2, -0.15) is 5.10 Å². The second-order valence-corrected chi connectivity index (χ2v) is 10.8. The Morgan fingerprint density at radius 1 is 0.939 bits per heavy atom. The zero-order chi connectivity index (χ0) is 23.2. The molecule has 0 bridgehead atoms. The monoisotopic (exact) mass is 471 g/mol. The predicted molar refractivity (Wildman–Crippen MR) is 140 cm³/mol. The summed E-state index contributed by atoms with van der Waals surface area (Å²) in [6.45, 7) is 8.66.